The lowest BCUT2D eigenvalue weighted by molar-refractivity contribution is -0.129. The highest BCUT2D eigenvalue weighted by Crippen LogP contribution is 2.28. The normalized spacial score (nSPS) is 22.5. The molecule has 116 valence electrons. The summed E-state index contributed by atoms with van der Waals surface area (Å²) in [7, 11) is 1.90. The first-order chi connectivity index (χ1) is 10.4. The Labute approximate surface area is 132 Å². The summed E-state index contributed by atoms with van der Waals surface area (Å²) in [6, 6.07) is 14.5. The van der Waals surface area contributed by atoms with Gasteiger partial charge in [-0.1, -0.05) is 63.2 Å². The molecule has 1 N–H and O–H groups in total. The fraction of sp³-hybridized carbons (Fsp3) is 0.421. The number of hydrogen-bond acceptors (Lipinski definition) is 2. The number of rotatable bonds is 2. The van der Waals surface area contributed by atoms with Crippen LogP contribution in [0, 0.1) is 5.41 Å². The second-order valence-electron chi connectivity index (χ2n) is 7.28. The number of carbonyl (C=O) groups is 1. The van der Waals surface area contributed by atoms with Gasteiger partial charge in [0.15, 0.2) is 0 Å². The van der Waals surface area contributed by atoms with Crippen molar-refractivity contribution in [3.63, 3.8) is 0 Å². The van der Waals surface area contributed by atoms with Crippen molar-refractivity contribution >= 4 is 16.7 Å². The summed E-state index contributed by atoms with van der Waals surface area (Å²) < 4.78 is 0. The van der Waals surface area contributed by atoms with Gasteiger partial charge in [-0.3, -0.25) is 10.1 Å². The van der Waals surface area contributed by atoms with E-state index in [1.54, 1.807) is 0 Å². The number of likely N-dealkylation sites (N-methyl/N-ethyl adjacent to an activating group) is 1. The Balaban J connectivity index is 1.88. The SMILES string of the molecule is CN1C(=O)[C@@H](Cc2cccc3ccccc23)N[C@H]1C(C)(C)C. The molecule has 0 saturated carbocycles. The highest BCUT2D eigenvalue weighted by molar-refractivity contribution is 5.88. The molecule has 1 aliphatic heterocycles. The van der Waals surface area contributed by atoms with Crippen LogP contribution in [0.15, 0.2) is 42.5 Å². The Morgan fingerprint density at radius 1 is 1.09 bits per heavy atom. The molecular formula is C19H24N2O. The van der Waals surface area contributed by atoms with Crippen molar-refractivity contribution in [3.8, 4) is 0 Å². The third kappa shape index (κ3) is 2.61. The zero-order chi connectivity index (χ0) is 15.9. The van der Waals surface area contributed by atoms with Crippen LogP contribution < -0.4 is 5.32 Å². The number of nitrogens with zero attached hydrogens (tertiary/aromatic N) is 1. The number of benzene rings is 2. The van der Waals surface area contributed by atoms with E-state index in [-0.39, 0.29) is 23.5 Å². The summed E-state index contributed by atoms with van der Waals surface area (Å²) in [6.07, 6.45) is 0.817. The Morgan fingerprint density at radius 3 is 2.45 bits per heavy atom. The first-order valence-electron chi connectivity index (χ1n) is 7.87. The molecule has 22 heavy (non-hydrogen) atoms. The maximum absolute atomic E-state index is 12.6. The fourth-order valence-corrected chi connectivity index (χ4v) is 3.41. The molecule has 1 aliphatic rings. The topological polar surface area (TPSA) is 32.3 Å². The van der Waals surface area contributed by atoms with Crippen molar-refractivity contribution in [3.05, 3.63) is 48.0 Å². The van der Waals surface area contributed by atoms with Gasteiger partial charge in [-0.2, -0.15) is 0 Å². The average molecular weight is 296 g/mol. The van der Waals surface area contributed by atoms with E-state index in [1.165, 1.54) is 16.3 Å². The summed E-state index contributed by atoms with van der Waals surface area (Å²) >= 11 is 0. The van der Waals surface area contributed by atoms with E-state index in [4.69, 9.17) is 0 Å². The van der Waals surface area contributed by atoms with Gasteiger partial charge in [-0.15, -0.1) is 0 Å². The highest BCUT2D eigenvalue weighted by Gasteiger charge is 2.42. The van der Waals surface area contributed by atoms with Crippen molar-refractivity contribution < 1.29 is 4.79 Å². The Morgan fingerprint density at radius 2 is 1.77 bits per heavy atom. The van der Waals surface area contributed by atoms with E-state index in [1.807, 2.05) is 11.9 Å². The number of amides is 1. The van der Waals surface area contributed by atoms with Crippen LogP contribution in [0.25, 0.3) is 10.8 Å². The largest absolute Gasteiger partial charge is 0.328 e. The third-order valence-corrected chi connectivity index (χ3v) is 4.52. The standard InChI is InChI=1S/C19H24N2O/c1-19(2,3)18-20-16(17(22)21(18)4)12-14-10-7-9-13-8-5-6-11-15(13)14/h5-11,16,18,20H,12H2,1-4H3/t16-,18-/m1/s1. The molecule has 0 bridgehead atoms. The number of carbonyl (C=O) groups excluding carboxylic acids is 1. The van der Waals surface area contributed by atoms with Gasteiger partial charge in [0.2, 0.25) is 5.91 Å². The molecule has 3 nitrogen and oxygen atoms in total. The van der Waals surface area contributed by atoms with Gasteiger partial charge in [0.1, 0.15) is 0 Å². The van der Waals surface area contributed by atoms with E-state index < -0.39 is 0 Å². The van der Waals surface area contributed by atoms with Crippen molar-refractivity contribution in [2.45, 2.75) is 39.4 Å². The van der Waals surface area contributed by atoms with Crippen LogP contribution in [0.1, 0.15) is 26.3 Å². The quantitative estimate of drug-likeness (QED) is 0.923. The molecule has 0 aliphatic carbocycles. The first kappa shape index (κ1) is 15.0. The van der Waals surface area contributed by atoms with Crippen LogP contribution in [0.4, 0.5) is 0 Å². The molecule has 2 aromatic rings. The summed E-state index contributed by atoms with van der Waals surface area (Å²) in [6.45, 7) is 6.48. The first-order valence-corrected chi connectivity index (χ1v) is 7.87. The minimum Gasteiger partial charge on any atom is -0.328 e. The molecule has 3 heteroatoms. The lowest BCUT2D eigenvalue weighted by atomic mass is 9.92. The van der Waals surface area contributed by atoms with Gasteiger partial charge in [0.05, 0.1) is 12.2 Å². The van der Waals surface area contributed by atoms with Gasteiger partial charge in [0, 0.05) is 7.05 Å². The van der Waals surface area contributed by atoms with Crippen molar-refractivity contribution in [2.75, 3.05) is 7.05 Å². The molecule has 2 atom stereocenters. The van der Waals surface area contributed by atoms with Gasteiger partial charge < -0.3 is 4.90 Å². The van der Waals surface area contributed by atoms with Crippen LogP contribution >= 0.6 is 0 Å². The van der Waals surface area contributed by atoms with Gasteiger partial charge in [-0.25, -0.2) is 0 Å². The smallest absolute Gasteiger partial charge is 0.241 e. The lowest BCUT2D eigenvalue weighted by Gasteiger charge is -2.32. The predicted molar refractivity (Wildman–Crippen MR) is 90.6 cm³/mol. The molecule has 1 fully saturated rings. The molecule has 3 rings (SSSR count). The maximum Gasteiger partial charge on any atom is 0.241 e. The van der Waals surface area contributed by atoms with Crippen LogP contribution in [0.3, 0.4) is 0 Å². The van der Waals surface area contributed by atoms with E-state index in [0.717, 1.165) is 6.42 Å². The van der Waals surface area contributed by atoms with Gasteiger partial charge in [0.25, 0.3) is 0 Å². The van der Waals surface area contributed by atoms with E-state index >= 15 is 0 Å². The van der Waals surface area contributed by atoms with Gasteiger partial charge >= 0.3 is 0 Å². The summed E-state index contributed by atoms with van der Waals surface area (Å²) in [4.78, 5) is 14.4. The molecular weight excluding hydrogens is 272 g/mol. The highest BCUT2D eigenvalue weighted by atomic mass is 16.2. The number of hydrogen-bond donors (Lipinski definition) is 1. The molecule has 1 saturated heterocycles. The van der Waals surface area contributed by atoms with Crippen LogP contribution in [-0.4, -0.2) is 30.1 Å². The molecule has 2 aromatic carbocycles. The van der Waals surface area contributed by atoms with Crippen LogP contribution in [-0.2, 0) is 11.2 Å². The van der Waals surface area contributed by atoms with Crippen LogP contribution in [0.5, 0.6) is 0 Å². The molecule has 1 amide bonds. The molecule has 0 radical (unpaired) electrons. The van der Waals surface area contributed by atoms with Crippen molar-refractivity contribution in [1.29, 1.82) is 0 Å². The van der Waals surface area contributed by atoms with Crippen molar-refractivity contribution in [1.82, 2.24) is 10.2 Å². The minimum atomic E-state index is -0.139. The Kier molecular flexibility index (Phi) is 3.69. The van der Waals surface area contributed by atoms with Gasteiger partial charge in [-0.05, 0) is 28.2 Å². The number of nitrogens with one attached hydrogen (secondary N) is 1. The fourth-order valence-electron chi connectivity index (χ4n) is 3.41. The van der Waals surface area contributed by atoms with E-state index in [2.05, 4.69) is 68.6 Å². The van der Waals surface area contributed by atoms with Crippen molar-refractivity contribution in [2.24, 2.45) is 5.41 Å². The predicted octanol–water partition coefficient (Wildman–Crippen LogP) is 3.18. The summed E-state index contributed by atoms with van der Waals surface area (Å²) in [5, 5.41) is 5.99. The Hall–Kier alpha value is -1.87. The van der Waals surface area contributed by atoms with E-state index in [0.29, 0.717) is 0 Å². The maximum atomic E-state index is 12.6. The Bertz CT molecular complexity index is 697. The molecule has 0 unspecified atom stereocenters. The zero-order valence-electron chi connectivity index (χ0n) is 13.8. The second-order valence-corrected chi connectivity index (χ2v) is 7.28. The molecule has 0 spiro atoms. The third-order valence-electron chi connectivity index (χ3n) is 4.52. The monoisotopic (exact) mass is 296 g/mol. The van der Waals surface area contributed by atoms with Crippen LogP contribution in [0.2, 0.25) is 0 Å². The zero-order valence-corrected chi connectivity index (χ0v) is 13.8. The summed E-state index contributed by atoms with van der Waals surface area (Å²) in [5.41, 5.74) is 1.25. The van der Waals surface area contributed by atoms with E-state index in [9.17, 15) is 4.79 Å². The molecule has 0 aromatic heterocycles. The minimum absolute atomic E-state index is 0.0257. The second kappa shape index (κ2) is 5.40. The average Bonchev–Trinajstić information content (AvgIpc) is 2.76. The summed E-state index contributed by atoms with van der Waals surface area (Å²) in [5.74, 6) is 0.188. The lowest BCUT2D eigenvalue weighted by Crippen LogP contribution is -2.45. The molecule has 1 heterocycles. The number of fused-ring (bicyclic) bond motifs is 1.